The molecule has 1 atom stereocenters. The molecular weight excluding hydrogens is 300 g/mol. The molecule has 1 aliphatic rings. The van der Waals surface area contributed by atoms with E-state index < -0.39 is 0 Å². The van der Waals surface area contributed by atoms with Crippen LogP contribution in [0.1, 0.15) is 25.1 Å². The number of likely N-dealkylation sites (tertiary alicyclic amines) is 1. The first-order valence-electron chi connectivity index (χ1n) is 8.52. The van der Waals surface area contributed by atoms with E-state index in [4.69, 9.17) is 10.7 Å². The number of aromatic nitrogens is 4. The van der Waals surface area contributed by atoms with Crippen molar-refractivity contribution < 1.29 is 0 Å². The second-order valence-corrected chi connectivity index (χ2v) is 6.39. The minimum atomic E-state index is 0.468. The quantitative estimate of drug-likeness (QED) is 0.799. The topological polar surface area (TPSA) is 72.9 Å². The van der Waals surface area contributed by atoms with Crippen LogP contribution < -0.4 is 5.73 Å². The molecule has 0 aliphatic carbocycles. The van der Waals surface area contributed by atoms with Crippen molar-refractivity contribution in [3.63, 3.8) is 0 Å². The van der Waals surface area contributed by atoms with Crippen LogP contribution >= 0.6 is 0 Å². The van der Waals surface area contributed by atoms with E-state index in [2.05, 4.69) is 15.0 Å². The third-order valence-electron chi connectivity index (χ3n) is 4.73. The van der Waals surface area contributed by atoms with Gasteiger partial charge in [-0.2, -0.15) is 5.10 Å². The van der Waals surface area contributed by atoms with Crippen molar-refractivity contribution in [2.24, 2.45) is 0 Å². The van der Waals surface area contributed by atoms with Gasteiger partial charge in [0.15, 0.2) is 0 Å². The Bertz CT molecular complexity index is 813. The molecule has 3 aromatic rings. The predicted octanol–water partition coefficient (Wildman–Crippen LogP) is 2.46. The van der Waals surface area contributed by atoms with Crippen molar-refractivity contribution in [2.75, 3.05) is 12.3 Å². The summed E-state index contributed by atoms with van der Waals surface area (Å²) in [7, 11) is 0. The van der Waals surface area contributed by atoms with Crippen LogP contribution in [0.4, 0.5) is 5.82 Å². The number of piperidine rings is 1. The Morgan fingerprint density at radius 2 is 2.04 bits per heavy atom. The highest BCUT2D eigenvalue weighted by atomic mass is 15.3. The van der Waals surface area contributed by atoms with Crippen LogP contribution in [0.5, 0.6) is 0 Å². The molecule has 0 radical (unpaired) electrons. The zero-order chi connectivity index (χ0) is 16.4. The molecule has 3 heterocycles. The smallest absolute Gasteiger partial charge is 0.145 e. The van der Waals surface area contributed by atoms with Gasteiger partial charge in [0.05, 0.1) is 18.6 Å². The molecular formula is C18H22N6. The zero-order valence-electron chi connectivity index (χ0n) is 13.7. The lowest BCUT2D eigenvalue weighted by Crippen LogP contribution is -2.42. The summed E-state index contributed by atoms with van der Waals surface area (Å²) in [6.07, 6.45) is 7.53. The van der Waals surface area contributed by atoms with Crippen LogP contribution in [0, 0.1) is 0 Å². The van der Waals surface area contributed by atoms with Gasteiger partial charge in [-0.05, 0) is 37.6 Å². The Hall–Kier alpha value is -2.47. The molecule has 4 rings (SSSR count). The second-order valence-electron chi connectivity index (χ2n) is 6.39. The van der Waals surface area contributed by atoms with Gasteiger partial charge < -0.3 is 5.73 Å². The summed E-state index contributed by atoms with van der Waals surface area (Å²) in [6, 6.07) is 10.4. The fourth-order valence-electron chi connectivity index (χ4n) is 3.50. The van der Waals surface area contributed by atoms with Gasteiger partial charge in [-0.1, -0.05) is 18.6 Å². The van der Waals surface area contributed by atoms with Crippen LogP contribution in [-0.2, 0) is 13.1 Å². The molecule has 0 bridgehead atoms. The minimum absolute atomic E-state index is 0.468. The Morgan fingerprint density at radius 1 is 1.12 bits per heavy atom. The van der Waals surface area contributed by atoms with Gasteiger partial charge in [-0.25, -0.2) is 9.97 Å². The molecule has 0 spiro atoms. The largest absolute Gasteiger partial charge is 0.383 e. The predicted molar refractivity (Wildman–Crippen MR) is 94.2 cm³/mol. The van der Waals surface area contributed by atoms with Crippen molar-refractivity contribution in [3.05, 3.63) is 48.5 Å². The van der Waals surface area contributed by atoms with E-state index in [0.29, 0.717) is 11.9 Å². The first-order valence-corrected chi connectivity index (χ1v) is 8.52. The van der Waals surface area contributed by atoms with Gasteiger partial charge in [0, 0.05) is 23.8 Å². The molecule has 0 unspecified atom stereocenters. The highest BCUT2D eigenvalue weighted by Gasteiger charge is 2.24. The van der Waals surface area contributed by atoms with Gasteiger partial charge in [-0.3, -0.25) is 9.58 Å². The number of nitrogens with two attached hydrogens (primary N) is 1. The van der Waals surface area contributed by atoms with E-state index in [1.165, 1.54) is 19.3 Å². The Balaban J connectivity index is 1.56. The summed E-state index contributed by atoms with van der Waals surface area (Å²) in [4.78, 5) is 11.7. The standard InChI is InChI=1S/C18H22N6/c19-18-15-7-1-2-8-16(15)21-17(22-18)13-23-10-4-3-6-14(23)12-24-11-5-9-20-24/h1-2,5,7-9,11,14H,3-4,6,10,12-13H2,(H2,19,21,22)/t14-/m1/s1. The molecule has 0 saturated carbocycles. The van der Waals surface area contributed by atoms with Gasteiger partial charge in [0.25, 0.3) is 0 Å². The minimum Gasteiger partial charge on any atom is -0.383 e. The van der Waals surface area contributed by atoms with Gasteiger partial charge >= 0.3 is 0 Å². The van der Waals surface area contributed by atoms with Gasteiger partial charge in [-0.15, -0.1) is 0 Å². The van der Waals surface area contributed by atoms with E-state index >= 15 is 0 Å². The van der Waals surface area contributed by atoms with Gasteiger partial charge in [0.1, 0.15) is 11.6 Å². The summed E-state index contributed by atoms with van der Waals surface area (Å²) >= 11 is 0. The second kappa shape index (κ2) is 6.57. The average molecular weight is 322 g/mol. The first kappa shape index (κ1) is 15.1. The fraction of sp³-hybridized carbons (Fsp3) is 0.389. The van der Waals surface area contributed by atoms with Crippen molar-refractivity contribution in [2.45, 2.75) is 38.4 Å². The number of anilines is 1. The van der Waals surface area contributed by atoms with Gasteiger partial charge in [0.2, 0.25) is 0 Å². The lowest BCUT2D eigenvalue weighted by molar-refractivity contribution is 0.119. The number of fused-ring (bicyclic) bond motifs is 1. The van der Waals surface area contributed by atoms with Crippen molar-refractivity contribution in [3.8, 4) is 0 Å². The number of nitrogen functional groups attached to an aromatic ring is 1. The average Bonchev–Trinajstić information content (AvgIpc) is 3.10. The third kappa shape index (κ3) is 3.10. The monoisotopic (exact) mass is 322 g/mol. The number of para-hydroxylation sites is 1. The molecule has 24 heavy (non-hydrogen) atoms. The number of nitrogens with zero attached hydrogens (tertiary/aromatic N) is 5. The van der Waals surface area contributed by atoms with Crippen LogP contribution in [0.2, 0.25) is 0 Å². The van der Waals surface area contributed by atoms with Crippen LogP contribution in [-0.4, -0.2) is 37.2 Å². The SMILES string of the molecule is Nc1nc(CN2CCCC[C@@H]2Cn2cccn2)nc2ccccc12. The number of benzene rings is 1. The third-order valence-corrected chi connectivity index (χ3v) is 4.73. The number of rotatable bonds is 4. The lowest BCUT2D eigenvalue weighted by atomic mass is 10.0. The number of hydrogen-bond donors (Lipinski definition) is 1. The van der Waals surface area contributed by atoms with Crippen LogP contribution in [0.15, 0.2) is 42.7 Å². The van der Waals surface area contributed by atoms with E-state index in [1.54, 1.807) is 0 Å². The molecule has 1 aliphatic heterocycles. The summed E-state index contributed by atoms with van der Waals surface area (Å²) < 4.78 is 2.01. The van der Waals surface area contributed by atoms with E-state index in [-0.39, 0.29) is 0 Å². The fourth-order valence-corrected chi connectivity index (χ4v) is 3.50. The molecule has 6 heteroatoms. The molecule has 1 saturated heterocycles. The zero-order valence-corrected chi connectivity index (χ0v) is 13.7. The normalized spacial score (nSPS) is 18.9. The van der Waals surface area contributed by atoms with Crippen molar-refractivity contribution >= 4 is 16.7 Å². The Kier molecular flexibility index (Phi) is 4.13. The van der Waals surface area contributed by atoms with Crippen LogP contribution in [0.3, 0.4) is 0 Å². The van der Waals surface area contributed by atoms with Crippen molar-refractivity contribution in [1.82, 2.24) is 24.6 Å². The van der Waals surface area contributed by atoms with E-state index in [9.17, 15) is 0 Å². The Labute approximate surface area is 141 Å². The summed E-state index contributed by atoms with van der Waals surface area (Å²) in [5.74, 6) is 1.37. The molecule has 124 valence electrons. The first-order chi connectivity index (χ1) is 11.8. The molecule has 1 fully saturated rings. The van der Waals surface area contributed by atoms with Crippen LogP contribution in [0.25, 0.3) is 10.9 Å². The molecule has 1 aromatic carbocycles. The lowest BCUT2D eigenvalue weighted by Gasteiger charge is -2.35. The maximum atomic E-state index is 6.12. The summed E-state index contributed by atoms with van der Waals surface area (Å²) in [6.45, 7) is 2.72. The van der Waals surface area contributed by atoms with Crippen molar-refractivity contribution in [1.29, 1.82) is 0 Å². The number of hydrogen-bond acceptors (Lipinski definition) is 5. The summed E-state index contributed by atoms with van der Waals surface area (Å²) in [5.41, 5.74) is 7.04. The maximum Gasteiger partial charge on any atom is 0.145 e. The summed E-state index contributed by atoms with van der Waals surface area (Å²) in [5, 5.41) is 5.27. The molecule has 0 amide bonds. The molecule has 2 N–H and O–H groups in total. The maximum absolute atomic E-state index is 6.12. The Morgan fingerprint density at radius 3 is 2.92 bits per heavy atom. The van der Waals surface area contributed by atoms with E-state index in [1.807, 2.05) is 47.4 Å². The highest BCUT2D eigenvalue weighted by molar-refractivity contribution is 5.87. The molecule has 6 nitrogen and oxygen atoms in total. The highest BCUT2D eigenvalue weighted by Crippen LogP contribution is 2.22. The van der Waals surface area contributed by atoms with E-state index in [0.717, 1.165) is 36.4 Å². The molecule has 2 aromatic heterocycles.